The third-order valence-corrected chi connectivity index (χ3v) is 6.41. The molecule has 0 amide bonds. The Morgan fingerprint density at radius 2 is 1.14 bits per heavy atom. The minimum atomic E-state index is 0.0915. The Bertz CT molecular complexity index is 322. The molecular formula is C25H51NOS. The van der Waals surface area contributed by atoms with Crippen molar-refractivity contribution in [2.24, 2.45) is 0 Å². The number of ketones is 1. The molecule has 0 unspecified atom stereocenters. The van der Waals surface area contributed by atoms with Gasteiger partial charge in [-0.25, -0.2) is 0 Å². The van der Waals surface area contributed by atoms with E-state index in [-0.39, 0.29) is 6.04 Å². The maximum absolute atomic E-state index is 11.9. The van der Waals surface area contributed by atoms with Crippen LogP contribution in [-0.4, -0.2) is 30.4 Å². The van der Waals surface area contributed by atoms with Crippen LogP contribution in [0.15, 0.2) is 0 Å². The number of unbranched alkanes of at least 4 members (excludes halogenated alkanes) is 15. The van der Waals surface area contributed by atoms with E-state index in [9.17, 15) is 4.79 Å². The van der Waals surface area contributed by atoms with Gasteiger partial charge in [0, 0.05) is 6.42 Å². The van der Waals surface area contributed by atoms with Crippen LogP contribution in [0.5, 0.6) is 0 Å². The van der Waals surface area contributed by atoms with Gasteiger partial charge in [-0.15, -0.1) is 0 Å². The maximum Gasteiger partial charge on any atom is 0.149 e. The zero-order valence-electron chi connectivity index (χ0n) is 19.5. The molecule has 0 aliphatic carbocycles. The van der Waals surface area contributed by atoms with E-state index < -0.39 is 0 Å². The van der Waals surface area contributed by atoms with E-state index in [1.807, 2.05) is 18.7 Å². The standard InChI is InChI=1S/C25H51NOS/c1-4-6-7-8-9-10-11-12-13-14-15-16-17-18-19-20-22-26-24(21-23-28-3)25(27)5-2/h24,26H,4-23H2,1-3H3/t24-/m0/s1. The Kier molecular flexibility index (Phi) is 23.2. The highest BCUT2D eigenvalue weighted by atomic mass is 32.2. The van der Waals surface area contributed by atoms with Gasteiger partial charge in [-0.2, -0.15) is 11.8 Å². The lowest BCUT2D eigenvalue weighted by molar-refractivity contribution is -0.120. The van der Waals surface area contributed by atoms with Crippen LogP contribution < -0.4 is 5.32 Å². The second kappa shape index (κ2) is 23.3. The summed E-state index contributed by atoms with van der Waals surface area (Å²) in [6, 6.07) is 0.0915. The van der Waals surface area contributed by atoms with Gasteiger partial charge in [-0.05, 0) is 31.4 Å². The third kappa shape index (κ3) is 19.3. The number of thioether (sulfide) groups is 1. The third-order valence-electron chi connectivity index (χ3n) is 5.77. The summed E-state index contributed by atoms with van der Waals surface area (Å²) in [5.41, 5.74) is 0. The average molecular weight is 414 g/mol. The molecule has 0 rings (SSSR count). The van der Waals surface area contributed by atoms with Gasteiger partial charge in [-0.3, -0.25) is 4.79 Å². The summed E-state index contributed by atoms with van der Waals surface area (Å²) in [7, 11) is 0. The number of carbonyl (C=O) groups excluding carboxylic acids is 1. The molecule has 1 atom stereocenters. The molecule has 0 heterocycles. The van der Waals surface area contributed by atoms with Gasteiger partial charge in [0.2, 0.25) is 0 Å². The molecule has 1 N–H and O–H groups in total. The van der Waals surface area contributed by atoms with E-state index in [4.69, 9.17) is 0 Å². The van der Waals surface area contributed by atoms with Crippen LogP contribution in [0, 0.1) is 0 Å². The van der Waals surface area contributed by atoms with Gasteiger partial charge in [0.15, 0.2) is 0 Å². The lowest BCUT2D eigenvalue weighted by Crippen LogP contribution is -2.37. The van der Waals surface area contributed by atoms with E-state index in [1.165, 1.54) is 103 Å². The molecule has 0 radical (unpaired) electrons. The topological polar surface area (TPSA) is 29.1 Å². The lowest BCUT2D eigenvalue weighted by atomic mass is 10.0. The van der Waals surface area contributed by atoms with Gasteiger partial charge in [-0.1, -0.05) is 110 Å². The Hall–Kier alpha value is -0.0200. The van der Waals surface area contributed by atoms with E-state index in [0.717, 1.165) is 18.7 Å². The Morgan fingerprint density at radius 1 is 0.714 bits per heavy atom. The molecule has 0 aliphatic heterocycles. The SMILES string of the molecule is CCCCCCCCCCCCCCCCCCN[C@@H](CCSC)C(=O)CC. The quantitative estimate of drug-likeness (QED) is 0.172. The molecule has 28 heavy (non-hydrogen) atoms. The number of hydrogen-bond acceptors (Lipinski definition) is 3. The first-order chi connectivity index (χ1) is 13.8. The smallest absolute Gasteiger partial charge is 0.149 e. The predicted molar refractivity (Wildman–Crippen MR) is 130 cm³/mol. The summed E-state index contributed by atoms with van der Waals surface area (Å²) in [6.45, 7) is 5.27. The molecule has 0 saturated carbocycles. The van der Waals surface area contributed by atoms with Gasteiger partial charge >= 0.3 is 0 Å². The number of nitrogens with one attached hydrogen (secondary N) is 1. The van der Waals surface area contributed by atoms with Crippen molar-refractivity contribution >= 4 is 17.5 Å². The fraction of sp³-hybridized carbons (Fsp3) is 0.960. The summed E-state index contributed by atoms with van der Waals surface area (Å²) in [4.78, 5) is 11.9. The normalized spacial score (nSPS) is 12.4. The predicted octanol–water partition coefficient (Wildman–Crippen LogP) is 7.94. The summed E-state index contributed by atoms with van der Waals surface area (Å²) >= 11 is 1.83. The van der Waals surface area contributed by atoms with E-state index >= 15 is 0 Å². The summed E-state index contributed by atoms with van der Waals surface area (Å²) in [6.07, 6.45) is 26.2. The molecule has 168 valence electrons. The number of rotatable bonds is 23. The van der Waals surface area contributed by atoms with Crippen LogP contribution in [0.3, 0.4) is 0 Å². The highest BCUT2D eigenvalue weighted by molar-refractivity contribution is 7.98. The number of carbonyl (C=O) groups is 1. The average Bonchev–Trinajstić information content (AvgIpc) is 2.71. The molecule has 3 heteroatoms. The van der Waals surface area contributed by atoms with Gasteiger partial charge < -0.3 is 5.32 Å². The monoisotopic (exact) mass is 413 g/mol. The molecule has 0 aromatic carbocycles. The molecular weight excluding hydrogens is 362 g/mol. The number of hydrogen-bond donors (Lipinski definition) is 1. The lowest BCUT2D eigenvalue weighted by Gasteiger charge is -2.16. The molecule has 0 spiro atoms. The van der Waals surface area contributed by atoms with E-state index in [1.54, 1.807) is 0 Å². The van der Waals surface area contributed by atoms with Crippen molar-refractivity contribution in [3.05, 3.63) is 0 Å². The fourth-order valence-corrected chi connectivity index (χ4v) is 4.28. The van der Waals surface area contributed by atoms with Crippen LogP contribution in [0.2, 0.25) is 0 Å². The summed E-state index contributed by atoms with van der Waals surface area (Å²) < 4.78 is 0. The van der Waals surface area contributed by atoms with E-state index in [0.29, 0.717) is 12.2 Å². The Labute approximate surface area is 181 Å². The van der Waals surface area contributed by atoms with E-state index in [2.05, 4.69) is 18.5 Å². The summed E-state index contributed by atoms with van der Waals surface area (Å²) in [5.74, 6) is 1.45. The molecule has 0 aliphatic rings. The van der Waals surface area contributed by atoms with Crippen LogP contribution in [0.1, 0.15) is 129 Å². The molecule has 0 fully saturated rings. The molecule has 2 nitrogen and oxygen atoms in total. The minimum absolute atomic E-state index is 0.0915. The van der Waals surface area contributed by atoms with Crippen molar-refractivity contribution in [3.63, 3.8) is 0 Å². The summed E-state index contributed by atoms with van der Waals surface area (Å²) in [5, 5.41) is 3.49. The molecule has 0 aromatic heterocycles. The first-order valence-electron chi connectivity index (χ1n) is 12.5. The highest BCUT2D eigenvalue weighted by Gasteiger charge is 2.14. The van der Waals surface area contributed by atoms with Gasteiger partial charge in [0.05, 0.1) is 6.04 Å². The molecule has 0 bridgehead atoms. The second-order valence-electron chi connectivity index (χ2n) is 8.41. The van der Waals surface area contributed by atoms with Gasteiger partial charge in [0.25, 0.3) is 0 Å². The highest BCUT2D eigenvalue weighted by Crippen LogP contribution is 2.13. The van der Waals surface area contributed by atoms with Gasteiger partial charge in [0.1, 0.15) is 5.78 Å². The van der Waals surface area contributed by atoms with Crippen molar-refractivity contribution in [3.8, 4) is 0 Å². The first kappa shape index (κ1) is 28.0. The fourth-order valence-electron chi connectivity index (χ4n) is 3.81. The first-order valence-corrected chi connectivity index (χ1v) is 13.9. The van der Waals surface area contributed by atoms with Crippen molar-refractivity contribution < 1.29 is 4.79 Å². The minimum Gasteiger partial charge on any atom is -0.307 e. The van der Waals surface area contributed by atoms with Crippen LogP contribution in [0.25, 0.3) is 0 Å². The zero-order valence-corrected chi connectivity index (χ0v) is 20.4. The van der Waals surface area contributed by atoms with Crippen LogP contribution in [0.4, 0.5) is 0 Å². The second-order valence-corrected chi connectivity index (χ2v) is 9.40. The van der Waals surface area contributed by atoms with Crippen molar-refractivity contribution in [1.29, 1.82) is 0 Å². The van der Waals surface area contributed by atoms with Crippen LogP contribution >= 0.6 is 11.8 Å². The van der Waals surface area contributed by atoms with Crippen LogP contribution in [-0.2, 0) is 4.79 Å². The zero-order chi connectivity index (χ0) is 20.7. The molecule has 0 saturated heterocycles. The maximum atomic E-state index is 11.9. The number of Topliss-reactive ketones (excluding diaryl/α,β-unsaturated/α-hetero) is 1. The van der Waals surface area contributed by atoms with Crippen molar-refractivity contribution in [2.75, 3.05) is 18.6 Å². The molecule has 0 aromatic rings. The largest absolute Gasteiger partial charge is 0.307 e. The van der Waals surface area contributed by atoms with Crippen molar-refractivity contribution in [1.82, 2.24) is 5.32 Å². The van der Waals surface area contributed by atoms with Crippen molar-refractivity contribution in [2.45, 2.75) is 135 Å². The Balaban J connectivity index is 3.29. The Morgan fingerprint density at radius 3 is 1.54 bits per heavy atom.